The van der Waals surface area contributed by atoms with Crippen LogP contribution in [0.3, 0.4) is 0 Å². The van der Waals surface area contributed by atoms with Gasteiger partial charge in [-0.15, -0.1) is 0 Å². The summed E-state index contributed by atoms with van der Waals surface area (Å²) in [6.45, 7) is 6.76. The SMILES string of the molecule is CCn1cc(C(=O)Nc2c(C)nn(Cc3ccccc3C(=O)OC)c2C)cn1. The molecule has 0 atom stereocenters. The summed E-state index contributed by atoms with van der Waals surface area (Å²) in [5, 5.41) is 11.6. The number of anilines is 1. The maximum absolute atomic E-state index is 12.5. The van der Waals surface area contributed by atoms with Crippen LogP contribution in [0.5, 0.6) is 0 Å². The molecular formula is C20H23N5O3. The minimum atomic E-state index is -0.390. The Kier molecular flexibility index (Phi) is 5.58. The van der Waals surface area contributed by atoms with E-state index in [1.165, 1.54) is 7.11 Å². The van der Waals surface area contributed by atoms with Crippen LogP contribution in [-0.4, -0.2) is 38.5 Å². The average Bonchev–Trinajstić information content (AvgIpc) is 3.28. The minimum absolute atomic E-state index is 0.236. The zero-order valence-corrected chi connectivity index (χ0v) is 16.4. The molecule has 1 aromatic carbocycles. The molecule has 0 fully saturated rings. The van der Waals surface area contributed by atoms with Gasteiger partial charge in [0.05, 0.1) is 48.1 Å². The van der Waals surface area contributed by atoms with Crippen molar-refractivity contribution in [3.05, 3.63) is 64.7 Å². The van der Waals surface area contributed by atoms with E-state index in [0.717, 1.165) is 11.3 Å². The molecule has 1 amide bonds. The molecule has 0 spiro atoms. The van der Waals surface area contributed by atoms with E-state index in [9.17, 15) is 9.59 Å². The van der Waals surface area contributed by atoms with Gasteiger partial charge < -0.3 is 10.1 Å². The van der Waals surface area contributed by atoms with Gasteiger partial charge in [-0.3, -0.25) is 14.2 Å². The molecule has 1 N–H and O–H groups in total. The van der Waals surface area contributed by atoms with Crippen molar-refractivity contribution in [2.24, 2.45) is 0 Å². The molecule has 3 aromatic rings. The van der Waals surface area contributed by atoms with E-state index in [1.807, 2.05) is 32.9 Å². The molecule has 2 aromatic heterocycles. The van der Waals surface area contributed by atoms with E-state index in [-0.39, 0.29) is 5.91 Å². The van der Waals surface area contributed by atoms with Crippen LogP contribution >= 0.6 is 0 Å². The number of hydrogen-bond donors (Lipinski definition) is 1. The van der Waals surface area contributed by atoms with Crippen LogP contribution < -0.4 is 5.32 Å². The number of ether oxygens (including phenoxy) is 1. The minimum Gasteiger partial charge on any atom is -0.465 e. The third-order valence-electron chi connectivity index (χ3n) is 4.58. The van der Waals surface area contributed by atoms with Crippen molar-refractivity contribution in [2.45, 2.75) is 33.9 Å². The summed E-state index contributed by atoms with van der Waals surface area (Å²) in [7, 11) is 1.36. The normalized spacial score (nSPS) is 10.7. The number of aryl methyl sites for hydroxylation is 2. The number of benzene rings is 1. The van der Waals surface area contributed by atoms with Crippen LogP contribution in [0.4, 0.5) is 5.69 Å². The first-order chi connectivity index (χ1) is 13.4. The molecule has 3 rings (SSSR count). The van der Waals surface area contributed by atoms with E-state index in [0.29, 0.717) is 35.6 Å². The summed E-state index contributed by atoms with van der Waals surface area (Å²) >= 11 is 0. The summed E-state index contributed by atoms with van der Waals surface area (Å²) in [5.41, 5.74) is 3.93. The van der Waals surface area contributed by atoms with Crippen LogP contribution in [0.1, 0.15) is 44.6 Å². The van der Waals surface area contributed by atoms with E-state index in [2.05, 4.69) is 15.5 Å². The Balaban J connectivity index is 1.85. The lowest BCUT2D eigenvalue weighted by molar-refractivity contribution is 0.0599. The molecule has 28 heavy (non-hydrogen) atoms. The molecule has 0 radical (unpaired) electrons. The molecule has 0 aliphatic carbocycles. The molecule has 2 heterocycles. The Bertz CT molecular complexity index is 1020. The molecule has 8 nitrogen and oxygen atoms in total. The fourth-order valence-electron chi connectivity index (χ4n) is 3.00. The van der Waals surface area contributed by atoms with Crippen molar-refractivity contribution in [3.63, 3.8) is 0 Å². The number of methoxy groups -OCH3 is 1. The van der Waals surface area contributed by atoms with Gasteiger partial charge in [0.2, 0.25) is 0 Å². The van der Waals surface area contributed by atoms with E-state index >= 15 is 0 Å². The van der Waals surface area contributed by atoms with Gasteiger partial charge in [0.15, 0.2) is 0 Å². The number of amides is 1. The van der Waals surface area contributed by atoms with Gasteiger partial charge in [0.1, 0.15) is 0 Å². The van der Waals surface area contributed by atoms with E-state index < -0.39 is 5.97 Å². The van der Waals surface area contributed by atoms with Crippen LogP contribution in [-0.2, 0) is 17.8 Å². The molecule has 0 aliphatic rings. The average molecular weight is 381 g/mol. The van der Waals surface area contributed by atoms with Crippen LogP contribution in [0, 0.1) is 13.8 Å². The number of hydrogen-bond acceptors (Lipinski definition) is 5. The Hall–Kier alpha value is -3.42. The highest BCUT2D eigenvalue weighted by atomic mass is 16.5. The number of nitrogens with zero attached hydrogens (tertiary/aromatic N) is 4. The van der Waals surface area contributed by atoms with Gasteiger partial charge in [-0.25, -0.2) is 4.79 Å². The lowest BCUT2D eigenvalue weighted by Crippen LogP contribution is -2.13. The Morgan fingerprint density at radius 1 is 1.21 bits per heavy atom. The molecular weight excluding hydrogens is 358 g/mol. The maximum Gasteiger partial charge on any atom is 0.338 e. The highest BCUT2D eigenvalue weighted by molar-refractivity contribution is 6.04. The third-order valence-corrected chi connectivity index (χ3v) is 4.58. The standard InChI is InChI=1S/C20H23N5O3/c1-5-24-11-16(10-21-24)19(26)22-18-13(2)23-25(14(18)3)12-15-8-6-7-9-17(15)20(27)28-4/h6-11H,5,12H2,1-4H3,(H,22,26). The highest BCUT2D eigenvalue weighted by Crippen LogP contribution is 2.22. The lowest BCUT2D eigenvalue weighted by Gasteiger charge is -2.10. The lowest BCUT2D eigenvalue weighted by atomic mass is 10.1. The summed E-state index contributed by atoms with van der Waals surface area (Å²) in [6.07, 6.45) is 3.25. The number of esters is 1. The zero-order chi connectivity index (χ0) is 20.3. The smallest absolute Gasteiger partial charge is 0.338 e. The van der Waals surface area contributed by atoms with Gasteiger partial charge >= 0.3 is 5.97 Å². The number of carbonyl (C=O) groups excluding carboxylic acids is 2. The van der Waals surface area contributed by atoms with Crippen molar-refractivity contribution in [1.29, 1.82) is 0 Å². The highest BCUT2D eigenvalue weighted by Gasteiger charge is 2.18. The van der Waals surface area contributed by atoms with E-state index in [1.54, 1.807) is 33.9 Å². The first-order valence-electron chi connectivity index (χ1n) is 8.98. The van der Waals surface area contributed by atoms with Crippen LogP contribution in [0.2, 0.25) is 0 Å². The van der Waals surface area contributed by atoms with Crippen molar-refractivity contribution in [2.75, 3.05) is 12.4 Å². The molecule has 0 unspecified atom stereocenters. The third kappa shape index (κ3) is 3.80. The quantitative estimate of drug-likeness (QED) is 0.663. The zero-order valence-electron chi connectivity index (χ0n) is 16.4. The summed E-state index contributed by atoms with van der Waals surface area (Å²) in [6, 6.07) is 7.24. The first-order valence-corrected chi connectivity index (χ1v) is 8.98. The molecule has 0 aliphatic heterocycles. The summed E-state index contributed by atoms with van der Waals surface area (Å²) in [5.74, 6) is -0.626. The second-order valence-corrected chi connectivity index (χ2v) is 6.39. The van der Waals surface area contributed by atoms with Gasteiger partial charge in [-0.1, -0.05) is 18.2 Å². The summed E-state index contributed by atoms with van der Waals surface area (Å²) < 4.78 is 8.32. The largest absolute Gasteiger partial charge is 0.465 e. The van der Waals surface area contributed by atoms with Gasteiger partial charge in [0.25, 0.3) is 5.91 Å². The predicted molar refractivity (Wildman–Crippen MR) is 104 cm³/mol. The van der Waals surface area contributed by atoms with Crippen molar-refractivity contribution in [1.82, 2.24) is 19.6 Å². The number of nitrogens with one attached hydrogen (secondary N) is 1. The number of rotatable bonds is 6. The first kappa shape index (κ1) is 19.3. The van der Waals surface area contributed by atoms with E-state index in [4.69, 9.17) is 4.74 Å². The number of carbonyl (C=O) groups is 2. The van der Waals surface area contributed by atoms with Crippen molar-refractivity contribution in [3.8, 4) is 0 Å². The van der Waals surface area contributed by atoms with Crippen LogP contribution in [0.25, 0.3) is 0 Å². The molecule has 0 saturated carbocycles. The van der Waals surface area contributed by atoms with Crippen molar-refractivity contribution < 1.29 is 14.3 Å². The molecule has 146 valence electrons. The fourth-order valence-corrected chi connectivity index (χ4v) is 3.00. The summed E-state index contributed by atoms with van der Waals surface area (Å²) in [4.78, 5) is 24.5. The Morgan fingerprint density at radius 2 is 1.96 bits per heavy atom. The van der Waals surface area contributed by atoms with Gasteiger partial charge in [-0.2, -0.15) is 10.2 Å². The topological polar surface area (TPSA) is 91.0 Å². The Labute approximate surface area is 163 Å². The molecule has 8 heteroatoms. The Morgan fingerprint density at radius 3 is 2.64 bits per heavy atom. The predicted octanol–water partition coefficient (Wildman–Crippen LogP) is 2.80. The van der Waals surface area contributed by atoms with Gasteiger partial charge in [0, 0.05) is 12.7 Å². The second kappa shape index (κ2) is 8.08. The molecule has 0 saturated heterocycles. The van der Waals surface area contributed by atoms with Crippen LogP contribution in [0.15, 0.2) is 36.7 Å². The molecule has 0 bridgehead atoms. The number of aromatic nitrogens is 4. The van der Waals surface area contributed by atoms with Crippen molar-refractivity contribution >= 4 is 17.6 Å². The maximum atomic E-state index is 12.5. The van der Waals surface area contributed by atoms with Gasteiger partial charge in [-0.05, 0) is 32.4 Å². The monoisotopic (exact) mass is 381 g/mol. The second-order valence-electron chi connectivity index (χ2n) is 6.39. The fraction of sp³-hybridized carbons (Fsp3) is 0.300.